The van der Waals surface area contributed by atoms with Gasteiger partial charge >= 0.3 is 0 Å². The molecule has 2 nitrogen and oxygen atoms in total. The van der Waals surface area contributed by atoms with Gasteiger partial charge in [-0.3, -0.25) is 9.69 Å². The molecule has 1 rings (SSSR count). The van der Waals surface area contributed by atoms with Crippen LogP contribution in [0.25, 0.3) is 0 Å². The molecule has 0 unspecified atom stereocenters. The zero-order valence-electron chi connectivity index (χ0n) is 7.09. The van der Waals surface area contributed by atoms with E-state index in [1.165, 1.54) is 4.90 Å². The Morgan fingerprint density at radius 1 is 1.58 bits per heavy atom. The molecule has 0 aromatic rings. The lowest BCUT2D eigenvalue weighted by molar-refractivity contribution is -0.121. The third-order valence-corrected chi connectivity index (χ3v) is 1.91. The molecular weight excluding hydrogens is 164 g/mol. The largest absolute Gasteiger partial charge is 0.298 e. The first-order valence-corrected chi connectivity index (χ1v) is 4.09. The van der Waals surface area contributed by atoms with Crippen LogP contribution in [0.1, 0.15) is 12.8 Å². The van der Waals surface area contributed by atoms with Gasteiger partial charge in [0.2, 0.25) is 0 Å². The van der Waals surface area contributed by atoms with Gasteiger partial charge in [0.15, 0.2) is 0 Å². The highest BCUT2D eigenvalue weighted by molar-refractivity contribution is 5.84. The molecule has 0 aromatic heterocycles. The number of hydrogen-bond donors (Lipinski definition) is 0. The second kappa shape index (κ2) is 3.94. The zero-order valence-corrected chi connectivity index (χ0v) is 7.09. The van der Waals surface area contributed by atoms with Crippen molar-refractivity contribution < 1.29 is 13.6 Å². The summed E-state index contributed by atoms with van der Waals surface area (Å²) in [4.78, 5) is 12.5. The van der Waals surface area contributed by atoms with Gasteiger partial charge in [0, 0.05) is 5.92 Å². The highest BCUT2D eigenvalue weighted by Gasteiger charge is 2.29. The average Bonchev–Trinajstić information content (AvgIpc) is 2.63. The van der Waals surface area contributed by atoms with Crippen LogP contribution in [0.4, 0.5) is 8.78 Å². The normalized spacial score (nSPS) is 17.4. The number of rotatable bonds is 5. The van der Waals surface area contributed by atoms with Crippen molar-refractivity contribution in [3.8, 4) is 0 Å². The molecule has 1 fully saturated rings. The van der Waals surface area contributed by atoms with Gasteiger partial charge in [-0.15, -0.1) is 0 Å². The molecule has 0 amide bonds. The lowest BCUT2D eigenvalue weighted by Crippen LogP contribution is -2.30. The van der Waals surface area contributed by atoms with E-state index in [4.69, 9.17) is 0 Å². The van der Waals surface area contributed by atoms with Crippen LogP contribution >= 0.6 is 0 Å². The lowest BCUT2D eigenvalue weighted by atomic mass is 10.2. The Morgan fingerprint density at radius 2 is 2.17 bits per heavy atom. The van der Waals surface area contributed by atoms with Crippen molar-refractivity contribution in [1.82, 2.24) is 4.90 Å². The second-order valence-corrected chi connectivity index (χ2v) is 3.33. The summed E-state index contributed by atoms with van der Waals surface area (Å²) in [6.45, 7) is -0.131. The third kappa shape index (κ3) is 3.26. The van der Waals surface area contributed by atoms with E-state index in [1.54, 1.807) is 7.05 Å². The Labute approximate surface area is 70.5 Å². The summed E-state index contributed by atoms with van der Waals surface area (Å²) in [7, 11) is 1.55. The Bertz CT molecular complexity index is 168. The van der Waals surface area contributed by atoms with Crippen LogP contribution in [0.5, 0.6) is 0 Å². The van der Waals surface area contributed by atoms with Crippen molar-refractivity contribution in [2.45, 2.75) is 19.3 Å². The number of Topliss-reactive ketones (excluding diaryl/α,β-unsaturated/α-hetero) is 1. The van der Waals surface area contributed by atoms with Crippen molar-refractivity contribution in [2.24, 2.45) is 5.92 Å². The zero-order chi connectivity index (χ0) is 9.14. The fourth-order valence-electron chi connectivity index (χ4n) is 1.10. The molecule has 0 radical (unpaired) electrons. The van der Waals surface area contributed by atoms with Gasteiger partial charge in [0.25, 0.3) is 6.43 Å². The first-order valence-electron chi connectivity index (χ1n) is 4.09. The fraction of sp³-hybridized carbons (Fsp3) is 0.875. The predicted molar refractivity (Wildman–Crippen MR) is 41.2 cm³/mol. The predicted octanol–water partition coefficient (Wildman–Crippen LogP) is 1.16. The minimum Gasteiger partial charge on any atom is -0.298 e. The molecule has 0 atom stereocenters. The smallest absolute Gasteiger partial charge is 0.251 e. The molecule has 0 saturated heterocycles. The van der Waals surface area contributed by atoms with E-state index in [9.17, 15) is 13.6 Å². The van der Waals surface area contributed by atoms with Gasteiger partial charge in [-0.2, -0.15) is 0 Å². The number of halogens is 2. The van der Waals surface area contributed by atoms with Crippen LogP contribution < -0.4 is 0 Å². The number of hydrogen-bond acceptors (Lipinski definition) is 2. The van der Waals surface area contributed by atoms with Gasteiger partial charge in [-0.1, -0.05) is 0 Å². The molecule has 1 aliphatic rings. The van der Waals surface area contributed by atoms with Crippen molar-refractivity contribution >= 4 is 5.78 Å². The maximum atomic E-state index is 11.8. The summed E-state index contributed by atoms with van der Waals surface area (Å²) >= 11 is 0. The van der Waals surface area contributed by atoms with E-state index >= 15 is 0 Å². The standard InChI is InChI=1S/C8H13F2NO/c1-11(5-8(9)10)4-7(12)6-2-3-6/h6,8H,2-5H2,1H3. The van der Waals surface area contributed by atoms with E-state index in [0.717, 1.165) is 12.8 Å². The quantitative estimate of drug-likeness (QED) is 0.628. The number of ketones is 1. The van der Waals surface area contributed by atoms with Crippen molar-refractivity contribution in [2.75, 3.05) is 20.1 Å². The summed E-state index contributed by atoms with van der Waals surface area (Å²) in [6.07, 6.45) is -0.454. The van der Waals surface area contributed by atoms with E-state index in [0.29, 0.717) is 0 Å². The van der Waals surface area contributed by atoms with Gasteiger partial charge in [0.05, 0.1) is 13.1 Å². The van der Waals surface area contributed by atoms with E-state index in [1.807, 2.05) is 0 Å². The summed E-state index contributed by atoms with van der Waals surface area (Å²) in [5.74, 6) is 0.281. The number of alkyl halides is 2. The summed E-state index contributed by atoms with van der Waals surface area (Å²) in [5, 5.41) is 0. The molecule has 0 N–H and O–H groups in total. The minimum absolute atomic E-state index is 0.109. The molecule has 0 bridgehead atoms. The average molecular weight is 177 g/mol. The number of carbonyl (C=O) groups is 1. The first-order chi connectivity index (χ1) is 5.59. The molecule has 70 valence electrons. The first kappa shape index (κ1) is 9.58. The summed E-state index contributed by atoms with van der Waals surface area (Å²) < 4.78 is 23.6. The summed E-state index contributed by atoms with van der Waals surface area (Å²) in [5.41, 5.74) is 0. The van der Waals surface area contributed by atoms with Crippen molar-refractivity contribution in [1.29, 1.82) is 0 Å². The van der Waals surface area contributed by atoms with Gasteiger partial charge < -0.3 is 0 Å². The number of likely N-dealkylation sites (N-methyl/N-ethyl adjacent to an activating group) is 1. The highest BCUT2D eigenvalue weighted by atomic mass is 19.3. The number of carbonyl (C=O) groups excluding carboxylic acids is 1. The molecule has 1 saturated carbocycles. The number of nitrogens with zero attached hydrogens (tertiary/aromatic N) is 1. The SMILES string of the molecule is CN(CC(=O)C1CC1)CC(F)F. The van der Waals surface area contributed by atoms with E-state index < -0.39 is 6.43 Å². The summed E-state index contributed by atoms with van der Waals surface area (Å²) in [6, 6.07) is 0. The Kier molecular flexibility index (Phi) is 3.14. The van der Waals surface area contributed by atoms with E-state index in [-0.39, 0.29) is 24.8 Å². The molecule has 0 aliphatic heterocycles. The molecule has 1 aliphatic carbocycles. The highest BCUT2D eigenvalue weighted by Crippen LogP contribution is 2.29. The molecule has 0 aromatic carbocycles. The Morgan fingerprint density at radius 3 is 2.58 bits per heavy atom. The van der Waals surface area contributed by atoms with Crippen LogP contribution in [0.3, 0.4) is 0 Å². The maximum absolute atomic E-state index is 11.8. The lowest BCUT2D eigenvalue weighted by Gasteiger charge is -2.14. The fourth-order valence-corrected chi connectivity index (χ4v) is 1.10. The van der Waals surface area contributed by atoms with Crippen molar-refractivity contribution in [3.05, 3.63) is 0 Å². The van der Waals surface area contributed by atoms with Gasteiger partial charge in [0.1, 0.15) is 5.78 Å². The topological polar surface area (TPSA) is 20.3 Å². The molecule has 0 spiro atoms. The van der Waals surface area contributed by atoms with E-state index in [2.05, 4.69) is 0 Å². The monoisotopic (exact) mass is 177 g/mol. The second-order valence-electron chi connectivity index (χ2n) is 3.33. The van der Waals surface area contributed by atoms with Crippen LogP contribution in [0.2, 0.25) is 0 Å². The Balaban J connectivity index is 2.15. The van der Waals surface area contributed by atoms with Crippen LogP contribution in [-0.2, 0) is 4.79 Å². The molecule has 4 heteroatoms. The molecule has 0 heterocycles. The maximum Gasteiger partial charge on any atom is 0.251 e. The van der Waals surface area contributed by atoms with Crippen LogP contribution in [0, 0.1) is 5.92 Å². The minimum atomic E-state index is -2.35. The molecule has 12 heavy (non-hydrogen) atoms. The van der Waals surface area contributed by atoms with Crippen LogP contribution in [-0.4, -0.2) is 37.2 Å². The van der Waals surface area contributed by atoms with Gasteiger partial charge in [-0.05, 0) is 19.9 Å². The van der Waals surface area contributed by atoms with Gasteiger partial charge in [-0.25, -0.2) is 8.78 Å². The van der Waals surface area contributed by atoms with Crippen molar-refractivity contribution in [3.63, 3.8) is 0 Å². The molecular formula is C8H13F2NO. The Hall–Kier alpha value is -0.510. The third-order valence-electron chi connectivity index (χ3n) is 1.91. The van der Waals surface area contributed by atoms with Crippen LogP contribution in [0.15, 0.2) is 0 Å².